The average Bonchev–Trinajstić information content (AvgIpc) is 3.33. The van der Waals surface area contributed by atoms with Crippen LogP contribution in [0.15, 0.2) is 34.3 Å². The highest BCUT2D eigenvalue weighted by Crippen LogP contribution is 2.43. The van der Waals surface area contributed by atoms with Gasteiger partial charge in [-0.25, -0.2) is 19.3 Å². The first-order chi connectivity index (χ1) is 14.9. The zero-order valence-electron chi connectivity index (χ0n) is 16.4. The molecule has 0 aromatic carbocycles. The van der Waals surface area contributed by atoms with E-state index in [1.54, 1.807) is 23.8 Å². The Kier molecular flexibility index (Phi) is 6.39. The predicted molar refractivity (Wildman–Crippen MR) is 122 cm³/mol. The van der Waals surface area contributed by atoms with E-state index < -0.39 is 22.7 Å². The van der Waals surface area contributed by atoms with Crippen LogP contribution in [0.25, 0.3) is 0 Å². The molecule has 3 N–H and O–H groups in total. The molecule has 164 valence electrons. The normalized spacial score (nSPS) is 19.5. The fraction of sp³-hybridized carbons (Fsp3) is 0.278. The first kappa shape index (κ1) is 21.5. The number of carbonyl (C=O) groups excluding carboxylic acids is 2. The fourth-order valence-electron chi connectivity index (χ4n) is 3.02. The van der Waals surface area contributed by atoms with Crippen LogP contribution in [0.2, 0.25) is 0 Å². The van der Waals surface area contributed by atoms with Crippen LogP contribution in [-0.2, 0) is 4.79 Å². The van der Waals surface area contributed by atoms with Crippen molar-refractivity contribution in [3.8, 4) is 0 Å². The predicted octanol–water partition coefficient (Wildman–Crippen LogP) is 2.51. The molecule has 13 heteroatoms. The molecule has 1 unspecified atom stereocenters. The van der Waals surface area contributed by atoms with E-state index in [1.165, 1.54) is 6.20 Å². The highest BCUT2D eigenvalue weighted by atomic mass is 35.7. The number of nitrogens with zero attached hydrogens (tertiary/aromatic N) is 4. The number of hydrogen-bond donors (Lipinski definition) is 4. The van der Waals surface area contributed by atoms with Gasteiger partial charge >= 0.3 is 0 Å². The monoisotopic (exact) mass is 483 g/mol. The van der Waals surface area contributed by atoms with Gasteiger partial charge in [0.25, 0.3) is 5.91 Å². The molecular formula is C18H19ClFN7O2S2. The van der Waals surface area contributed by atoms with Gasteiger partial charge in [-0.2, -0.15) is 0 Å². The summed E-state index contributed by atoms with van der Waals surface area (Å²) < 4.78 is 13.1. The zero-order valence-corrected chi connectivity index (χ0v) is 18.8. The summed E-state index contributed by atoms with van der Waals surface area (Å²) in [7, 11) is 4.96. The summed E-state index contributed by atoms with van der Waals surface area (Å²) in [6, 6.07) is 1.73. The standard InChI is InChI=1S/C18H19ClFN7O2S2/c1-10-23-14(4-15(24-10)27-3-2-21-16(28)7-27)26-18-22-6-13(30-18)17(29)25-12-9-31(19)8-11(12)5-20/h4,6,8-9,31H,2-3,5,7H2,1H3,(H,21,28)(H,25,29)(H,22,23,24,26). The van der Waals surface area contributed by atoms with E-state index in [0.717, 1.165) is 11.3 Å². The van der Waals surface area contributed by atoms with Crippen LogP contribution in [0.3, 0.4) is 0 Å². The molecule has 9 nitrogen and oxygen atoms in total. The number of amides is 2. The Bertz CT molecular complexity index is 1090. The molecule has 31 heavy (non-hydrogen) atoms. The van der Waals surface area contributed by atoms with Crippen molar-refractivity contribution in [2.45, 2.75) is 6.92 Å². The van der Waals surface area contributed by atoms with Crippen molar-refractivity contribution in [3.05, 3.63) is 45.1 Å². The quantitative estimate of drug-likeness (QED) is 0.467. The maximum atomic E-state index is 13.1. The number of thiazole rings is 1. The maximum absolute atomic E-state index is 13.1. The van der Waals surface area contributed by atoms with Gasteiger partial charge in [0.15, 0.2) is 5.13 Å². The van der Waals surface area contributed by atoms with Crippen LogP contribution >= 0.6 is 32.1 Å². The second-order valence-electron chi connectivity index (χ2n) is 6.71. The molecule has 4 rings (SSSR count). The molecule has 0 radical (unpaired) electrons. The number of alkyl halides is 1. The maximum Gasteiger partial charge on any atom is 0.267 e. The molecule has 2 aliphatic heterocycles. The first-order valence-electron chi connectivity index (χ1n) is 9.26. The van der Waals surface area contributed by atoms with E-state index in [1.807, 2.05) is 4.90 Å². The van der Waals surface area contributed by atoms with Gasteiger partial charge in [-0.1, -0.05) is 22.0 Å². The summed E-state index contributed by atoms with van der Waals surface area (Å²) in [5.41, 5.74) is 0.783. The number of thiol groups is 1. The summed E-state index contributed by atoms with van der Waals surface area (Å²) in [4.78, 5) is 39.4. The van der Waals surface area contributed by atoms with Gasteiger partial charge in [-0.15, -0.1) is 10.1 Å². The van der Waals surface area contributed by atoms with Crippen LogP contribution in [-0.4, -0.2) is 53.1 Å². The van der Waals surface area contributed by atoms with Crippen molar-refractivity contribution in [2.75, 3.05) is 36.5 Å². The molecule has 1 fully saturated rings. The number of aromatic nitrogens is 3. The Morgan fingerprint density at radius 2 is 2.26 bits per heavy atom. The number of aryl methyl sites for hydroxylation is 1. The number of allylic oxidation sites excluding steroid dienone is 1. The lowest BCUT2D eigenvalue weighted by Crippen LogP contribution is -2.48. The number of nitrogens with one attached hydrogen (secondary N) is 3. The Morgan fingerprint density at radius 3 is 3.03 bits per heavy atom. The molecule has 0 bridgehead atoms. The van der Waals surface area contributed by atoms with Gasteiger partial charge < -0.3 is 20.9 Å². The van der Waals surface area contributed by atoms with Crippen molar-refractivity contribution in [1.82, 2.24) is 25.6 Å². The van der Waals surface area contributed by atoms with Crippen molar-refractivity contribution >= 4 is 60.7 Å². The minimum Gasteiger partial charge on any atom is -0.353 e. The molecule has 4 heterocycles. The van der Waals surface area contributed by atoms with E-state index in [4.69, 9.17) is 10.7 Å². The third kappa shape index (κ3) is 5.14. The van der Waals surface area contributed by atoms with Crippen molar-refractivity contribution in [3.63, 3.8) is 0 Å². The Balaban J connectivity index is 1.45. The fourth-order valence-corrected chi connectivity index (χ4v) is 5.45. The second-order valence-corrected chi connectivity index (χ2v) is 10.1. The smallest absolute Gasteiger partial charge is 0.267 e. The average molecular weight is 484 g/mol. The first-order valence-corrected chi connectivity index (χ1v) is 12.5. The number of anilines is 3. The van der Waals surface area contributed by atoms with Crippen molar-refractivity contribution in [1.29, 1.82) is 0 Å². The summed E-state index contributed by atoms with van der Waals surface area (Å²) in [5, 5.41) is 12.3. The van der Waals surface area contributed by atoms with Crippen LogP contribution in [0, 0.1) is 6.92 Å². The third-order valence-corrected chi connectivity index (χ3v) is 6.98. The number of rotatable bonds is 6. The Hall–Kier alpha value is -2.70. The molecule has 2 aliphatic rings. The number of carbonyl (C=O) groups is 2. The van der Waals surface area contributed by atoms with Gasteiger partial charge in [0.05, 0.1) is 18.4 Å². The lowest BCUT2D eigenvalue weighted by Gasteiger charge is -2.27. The molecule has 2 aromatic rings. The summed E-state index contributed by atoms with van der Waals surface area (Å²) in [6.45, 7) is 2.50. The molecule has 2 amide bonds. The number of halogens is 2. The number of hydrogen-bond acceptors (Lipinski definition) is 8. The molecular weight excluding hydrogens is 465 g/mol. The Morgan fingerprint density at radius 1 is 1.42 bits per heavy atom. The Labute approximate surface area is 188 Å². The van der Waals surface area contributed by atoms with Gasteiger partial charge in [-0.05, 0) is 17.7 Å². The lowest BCUT2D eigenvalue weighted by molar-refractivity contribution is -0.120. The van der Waals surface area contributed by atoms with Gasteiger partial charge in [0.2, 0.25) is 5.91 Å². The van der Waals surface area contributed by atoms with Crippen LogP contribution in [0.4, 0.5) is 21.2 Å². The van der Waals surface area contributed by atoms with Crippen molar-refractivity contribution in [2.24, 2.45) is 0 Å². The van der Waals surface area contributed by atoms with E-state index in [9.17, 15) is 14.0 Å². The van der Waals surface area contributed by atoms with E-state index >= 15 is 0 Å². The summed E-state index contributed by atoms with van der Waals surface area (Å²) in [6.07, 6.45) is 1.43. The van der Waals surface area contributed by atoms with E-state index in [0.29, 0.717) is 51.8 Å². The molecule has 0 aliphatic carbocycles. The molecule has 2 aromatic heterocycles. The van der Waals surface area contributed by atoms with E-state index in [2.05, 4.69) is 30.9 Å². The summed E-state index contributed by atoms with van der Waals surface area (Å²) >= 11 is 1.14. The van der Waals surface area contributed by atoms with Crippen molar-refractivity contribution < 1.29 is 14.0 Å². The van der Waals surface area contributed by atoms with Gasteiger partial charge in [-0.3, -0.25) is 9.59 Å². The van der Waals surface area contributed by atoms with Gasteiger partial charge in [0, 0.05) is 24.7 Å². The minimum absolute atomic E-state index is 0.0579. The van der Waals surface area contributed by atoms with Crippen LogP contribution < -0.4 is 20.9 Å². The lowest BCUT2D eigenvalue weighted by atomic mass is 10.2. The van der Waals surface area contributed by atoms with Gasteiger partial charge in [0.1, 0.15) is 29.0 Å². The zero-order chi connectivity index (χ0) is 22.0. The van der Waals surface area contributed by atoms with Crippen LogP contribution in [0.1, 0.15) is 15.5 Å². The van der Waals surface area contributed by atoms with Crippen LogP contribution in [0.5, 0.6) is 0 Å². The van der Waals surface area contributed by atoms with E-state index in [-0.39, 0.29) is 12.5 Å². The molecule has 1 saturated heterocycles. The molecule has 0 saturated carbocycles. The highest BCUT2D eigenvalue weighted by molar-refractivity contribution is 8.40. The SMILES string of the molecule is Cc1nc(Nc2ncc(C(=O)NC3=C[SH](Cl)C=C3CF)s2)cc(N2CCNC(=O)C2)n1. The highest BCUT2D eigenvalue weighted by Gasteiger charge is 2.20. The minimum atomic E-state index is -1.07. The number of piperazine rings is 1. The largest absolute Gasteiger partial charge is 0.353 e. The molecule has 1 atom stereocenters. The second kappa shape index (κ2) is 9.20. The summed E-state index contributed by atoms with van der Waals surface area (Å²) in [5.74, 6) is 1.23. The molecule has 0 spiro atoms. The topological polar surface area (TPSA) is 112 Å². The third-order valence-electron chi connectivity index (χ3n) is 4.42.